The van der Waals surface area contributed by atoms with Crippen molar-refractivity contribution in [1.82, 2.24) is 4.48 Å². The molecule has 0 bridgehead atoms. The van der Waals surface area contributed by atoms with Gasteiger partial charge in [-0.15, -0.1) is 0 Å². The van der Waals surface area contributed by atoms with E-state index in [9.17, 15) is 0 Å². The molecule has 1 heterocycles. The fourth-order valence-corrected chi connectivity index (χ4v) is 4.92. The van der Waals surface area contributed by atoms with Gasteiger partial charge in [0.15, 0.2) is 0 Å². The maximum atomic E-state index is 5.86. The van der Waals surface area contributed by atoms with Crippen LogP contribution in [0.15, 0.2) is 78.9 Å². The minimum Gasteiger partial charge on any atom is -1.00 e. The molecule has 0 fully saturated rings. The molecule has 0 saturated carbocycles. The number of nitrogens with two attached hydrogens (primary N) is 1. The predicted molar refractivity (Wildman–Crippen MR) is 128 cm³/mol. The lowest BCUT2D eigenvalue weighted by Gasteiger charge is -2.38. The van der Waals surface area contributed by atoms with Gasteiger partial charge in [-0.3, -0.25) is 4.48 Å². The number of hydrogen-bond donors (Lipinski definition) is 1. The van der Waals surface area contributed by atoms with Crippen molar-refractivity contribution < 1.29 is 17.1 Å². The van der Waals surface area contributed by atoms with Crippen molar-refractivity contribution in [3.05, 3.63) is 90.0 Å². The SMILES string of the molecule is CCOc1ccc([N+]2(C)c3ccccc3C(C)(C)C2/C=C/c2ccc(N)cc2)cc1.[Cl-]. The van der Waals surface area contributed by atoms with Crippen molar-refractivity contribution in [2.75, 3.05) is 19.4 Å². The summed E-state index contributed by atoms with van der Waals surface area (Å²) in [4.78, 5) is 0. The lowest BCUT2D eigenvalue weighted by molar-refractivity contribution is -0.00000688. The Morgan fingerprint density at radius 2 is 1.61 bits per heavy atom. The average Bonchev–Trinajstić information content (AvgIpc) is 2.92. The molecule has 0 aromatic heterocycles. The van der Waals surface area contributed by atoms with Crippen molar-refractivity contribution in [2.45, 2.75) is 32.2 Å². The predicted octanol–water partition coefficient (Wildman–Crippen LogP) is 3.31. The van der Waals surface area contributed by atoms with Gasteiger partial charge in [0.25, 0.3) is 0 Å². The molecule has 0 aliphatic carbocycles. The molecule has 4 rings (SSSR count). The van der Waals surface area contributed by atoms with Crippen molar-refractivity contribution >= 4 is 23.1 Å². The van der Waals surface area contributed by atoms with Crippen LogP contribution in [0.3, 0.4) is 0 Å². The molecule has 0 amide bonds. The number of hydrogen-bond acceptors (Lipinski definition) is 2. The number of anilines is 1. The van der Waals surface area contributed by atoms with Crippen LogP contribution < -0.4 is 27.4 Å². The Labute approximate surface area is 192 Å². The summed E-state index contributed by atoms with van der Waals surface area (Å²) in [5.41, 5.74) is 11.8. The van der Waals surface area contributed by atoms with Gasteiger partial charge in [0, 0.05) is 23.4 Å². The Morgan fingerprint density at radius 1 is 0.968 bits per heavy atom. The van der Waals surface area contributed by atoms with E-state index < -0.39 is 0 Å². The van der Waals surface area contributed by atoms with E-state index in [4.69, 9.17) is 10.5 Å². The number of nitrogen functional groups attached to an aromatic ring is 1. The first-order valence-corrected chi connectivity index (χ1v) is 10.6. The molecule has 3 nitrogen and oxygen atoms in total. The Balaban J connectivity index is 0.00000272. The van der Waals surface area contributed by atoms with E-state index in [2.05, 4.69) is 93.7 Å². The summed E-state index contributed by atoms with van der Waals surface area (Å²) in [6, 6.07) is 25.7. The fraction of sp³-hybridized carbons (Fsp3) is 0.259. The van der Waals surface area contributed by atoms with Crippen LogP contribution in [-0.2, 0) is 5.41 Å². The molecular weight excluding hydrogens is 404 g/mol. The Morgan fingerprint density at radius 3 is 2.26 bits per heavy atom. The van der Waals surface area contributed by atoms with Crippen LogP contribution in [-0.4, -0.2) is 19.7 Å². The number of para-hydroxylation sites is 1. The van der Waals surface area contributed by atoms with Crippen LogP contribution in [0.2, 0.25) is 0 Å². The number of fused-ring (bicyclic) bond motifs is 1. The highest BCUT2D eigenvalue weighted by molar-refractivity contribution is 5.71. The third-order valence-electron chi connectivity index (χ3n) is 6.49. The zero-order valence-corrected chi connectivity index (χ0v) is 19.4. The first kappa shape index (κ1) is 22.9. The molecule has 162 valence electrons. The van der Waals surface area contributed by atoms with Crippen LogP contribution in [0, 0.1) is 0 Å². The third-order valence-corrected chi connectivity index (χ3v) is 6.49. The van der Waals surface area contributed by atoms with Gasteiger partial charge in [-0.05, 0) is 62.7 Å². The number of rotatable bonds is 5. The van der Waals surface area contributed by atoms with Crippen LogP contribution >= 0.6 is 0 Å². The average molecular weight is 435 g/mol. The van der Waals surface area contributed by atoms with Gasteiger partial charge < -0.3 is 22.9 Å². The summed E-state index contributed by atoms with van der Waals surface area (Å²) in [6.07, 6.45) is 4.59. The maximum absolute atomic E-state index is 5.86. The number of quaternary nitrogens is 1. The number of benzene rings is 3. The number of halogens is 1. The minimum atomic E-state index is -0.0196. The quantitative estimate of drug-likeness (QED) is 0.494. The molecule has 4 heteroatoms. The maximum Gasteiger partial charge on any atom is 0.142 e. The number of nitrogens with zero attached hydrogens (tertiary/aromatic N) is 1. The summed E-state index contributed by atoms with van der Waals surface area (Å²) in [5.74, 6) is 0.911. The second kappa shape index (κ2) is 8.78. The van der Waals surface area contributed by atoms with E-state index in [1.165, 1.54) is 16.9 Å². The summed E-state index contributed by atoms with van der Waals surface area (Å²) >= 11 is 0. The first-order valence-electron chi connectivity index (χ1n) is 10.6. The number of ether oxygens (including phenoxy) is 1. The third kappa shape index (κ3) is 3.96. The second-order valence-electron chi connectivity index (χ2n) is 8.71. The van der Waals surface area contributed by atoms with Gasteiger partial charge in [-0.25, -0.2) is 0 Å². The molecule has 1 aliphatic heterocycles. The van der Waals surface area contributed by atoms with Gasteiger partial charge in [0.1, 0.15) is 23.2 Å². The largest absolute Gasteiger partial charge is 1.00 e. The smallest absolute Gasteiger partial charge is 0.142 e. The Kier molecular flexibility index (Phi) is 6.49. The van der Waals surface area contributed by atoms with Crippen molar-refractivity contribution in [2.24, 2.45) is 0 Å². The van der Waals surface area contributed by atoms with Gasteiger partial charge in [-0.1, -0.05) is 36.4 Å². The highest BCUT2D eigenvalue weighted by atomic mass is 35.5. The van der Waals surface area contributed by atoms with E-state index in [0.29, 0.717) is 6.61 Å². The van der Waals surface area contributed by atoms with Crippen LogP contribution in [0.4, 0.5) is 17.1 Å². The topological polar surface area (TPSA) is 35.2 Å². The zero-order chi connectivity index (χ0) is 21.4. The molecule has 2 atom stereocenters. The standard InChI is InChI=1S/C27H31N2O.ClH/c1-5-30-23-17-15-22(16-18-23)29(4)25-9-7-6-8-24(25)27(2,3)26(29)19-12-20-10-13-21(28)14-11-20;/h6-19,26H,5,28H2,1-4H3;1H/q+1;/p-1/b19-12+;. The van der Waals surface area contributed by atoms with Crippen molar-refractivity contribution in [3.8, 4) is 5.75 Å². The monoisotopic (exact) mass is 434 g/mol. The lowest BCUT2D eigenvalue weighted by Crippen LogP contribution is -3.00. The fourth-order valence-electron chi connectivity index (χ4n) is 4.92. The van der Waals surface area contributed by atoms with Gasteiger partial charge in [0.2, 0.25) is 0 Å². The molecule has 0 saturated heterocycles. The highest BCUT2D eigenvalue weighted by Gasteiger charge is 2.54. The summed E-state index contributed by atoms with van der Waals surface area (Å²) in [7, 11) is 2.32. The van der Waals surface area contributed by atoms with Crippen LogP contribution in [0.25, 0.3) is 6.08 Å². The molecule has 3 aromatic rings. The first-order chi connectivity index (χ1) is 14.4. The molecule has 0 spiro atoms. The molecule has 2 unspecified atom stereocenters. The highest BCUT2D eigenvalue weighted by Crippen LogP contribution is 2.53. The zero-order valence-electron chi connectivity index (χ0n) is 18.7. The van der Waals surface area contributed by atoms with E-state index in [-0.39, 0.29) is 23.9 Å². The molecule has 2 N–H and O–H groups in total. The summed E-state index contributed by atoms with van der Waals surface area (Å²) < 4.78 is 6.40. The summed E-state index contributed by atoms with van der Waals surface area (Å²) in [5, 5.41) is 0. The van der Waals surface area contributed by atoms with E-state index in [0.717, 1.165) is 21.5 Å². The molecule has 3 aromatic carbocycles. The van der Waals surface area contributed by atoms with Crippen LogP contribution in [0.1, 0.15) is 31.9 Å². The molecule has 31 heavy (non-hydrogen) atoms. The van der Waals surface area contributed by atoms with Crippen molar-refractivity contribution in [3.63, 3.8) is 0 Å². The molecule has 0 radical (unpaired) electrons. The van der Waals surface area contributed by atoms with E-state index in [1.54, 1.807) is 0 Å². The lowest BCUT2D eigenvalue weighted by atomic mass is 9.80. The van der Waals surface area contributed by atoms with E-state index in [1.807, 2.05) is 19.1 Å². The Hall–Kier alpha value is -2.75. The number of likely N-dealkylation sites (N-methyl/N-ethyl adjacent to an activating group) is 1. The van der Waals surface area contributed by atoms with Crippen molar-refractivity contribution in [1.29, 1.82) is 0 Å². The van der Waals surface area contributed by atoms with Gasteiger partial charge >= 0.3 is 0 Å². The second-order valence-corrected chi connectivity index (χ2v) is 8.71. The van der Waals surface area contributed by atoms with E-state index >= 15 is 0 Å². The minimum absolute atomic E-state index is 0. The summed E-state index contributed by atoms with van der Waals surface area (Å²) in [6.45, 7) is 7.39. The molecule has 1 aliphatic rings. The normalized spacial score (nSPS) is 21.5. The van der Waals surface area contributed by atoms with Gasteiger partial charge in [0.05, 0.1) is 19.1 Å². The molecular formula is C27H31ClN2O. The Bertz CT molecular complexity index is 1060. The van der Waals surface area contributed by atoms with Crippen LogP contribution in [0.5, 0.6) is 5.75 Å². The van der Waals surface area contributed by atoms with Gasteiger partial charge in [-0.2, -0.15) is 0 Å².